The van der Waals surface area contributed by atoms with Crippen molar-refractivity contribution in [3.63, 3.8) is 0 Å². The third-order valence-electron chi connectivity index (χ3n) is 3.20. The Balaban J connectivity index is 1.81. The fourth-order valence-corrected chi connectivity index (χ4v) is 3.21. The molecule has 0 unspecified atom stereocenters. The summed E-state index contributed by atoms with van der Waals surface area (Å²) in [5.41, 5.74) is 0.617. The van der Waals surface area contributed by atoms with Gasteiger partial charge in [-0.15, -0.1) is 0 Å². The van der Waals surface area contributed by atoms with Gasteiger partial charge in [-0.3, -0.25) is 4.90 Å². The van der Waals surface area contributed by atoms with Gasteiger partial charge in [0.15, 0.2) is 0 Å². The number of carbonyl (C=O) groups is 1. The topological polar surface area (TPSA) is 88.6 Å². The van der Waals surface area contributed by atoms with Gasteiger partial charge >= 0.3 is 16.1 Å². The summed E-state index contributed by atoms with van der Waals surface area (Å²) < 4.78 is 29.5. The zero-order valence-corrected chi connectivity index (χ0v) is 13.3. The second kappa shape index (κ2) is 6.05. The van der Waals surface area contributed by atoms with Gasteiger partial charge in [-0.2, -0.15) is 8.42 Å². The lowest BCUT2D eigenvalue weighted by atomic mass is 10.3. The van der Waals surface area contributed by atoms with Crippen molar-refractivity contribution in [2.24, 2.45) is 0 Å². The number of halogens is 1. The van der Waals surface area contributed by atoms with Gasteiger partial charge in [0.1, 0.15) is 15.8 Å². The molecule has 120 valence electrons. The molecule has 2 aromatic rings. The quantitative estimate of drug-likeness (QED) is 0.671. The lowest BCUT2D eigenvalue weighted by Gasteiger charge is -2.14. The number of aromatic nitrogens is 1. The number of urea groups is 1. The van der Waals surface area contributed by atoms with Crippen molar-refractivity contribution in [2.75, 3.05) is 18.0 Å². The number of hydrogen-bond acceptors (Lipinski definition) is 5. The molecular formula is C14H12ClN3O4S. The average molecular weight is 354 g/mol. The minimum atomic E-state index is -3.99. The van der Waals surface area contributed by atoms with E-state index in [9.17, 15) is 13.2 Å². The number of nitrogens with one attached hydrogen (secondary N) is 1. The molecule has 1 aromatic heterocycles. The average Bonchev–Trinajstić information content (AvgIpc) is 2.93. The molecule has 1 aromatic carbocycles. The monoisotopic (exact) mass is 353 g/mol. The molecule has 0 atom stereocenters. The number of anilines is 1. The van der Waals surface area contributed by atoms with Gasteiger partial charge in [-0.05, 0) is 24.3 Å². The molecule has 23 heavy (non-hydrogen) atoms. The van der Waals surface area contributed by atoms with Crippen molar-refractivity contribution >= 4 is 33.4 Å². The Kier molecular flexibility index (Phi) is 4.10. The Morgan fingerprint density at radius 2 is 1.96 bits per heavy atom. The highest BCUT2D eigenvalue weighted by molar-refractivity contribution is 7.87. The number of rotatable bonds is 4. The molecule has 0 bridgehead atoms. The highest BCUT2D eigenvalue weighted by Gasteiger charge is 2.22. The molecular weight excluding hydrogens is 342 g/mol. The van der Waals surface area contributed by atoms with Gasteiger partial charge in [-0.1, -0.05) is 11.6 Å². The first-order valence-corrected chi connectivity index (χ1v) is 8.46. The molecule has 1 fully saturated rings. The molecule has 1 aliphatic rings. The number of benzene rings is 1. The third-order valence-corrected chi connectivity index (χ3v) is 4.67. The van der Waals surface area contributed by atoms with E-state index in [0.717, 1.165) is 0 Å². The molecule has 1 N–H and O–H groups in total. The van der Waals surface area contributed by atoms with E-state index in [1.54, 1.807) is 12.1 Å². The summed E-state index contributed by atoms with van der Waals surface area (Å²) in [6, 6.07) is 8.39. The van der Waals surface area contributed by atoms with E-state index in [1.165, 1.54) is 35.4 Å². The summed E-state index contributed by atoms with van der Waals surface area (Å²) in [7, 11) is -3.99. The van der Waals surface area contributed by atoms with Crippen LogP contribution in [-0.4, -0.2) is 32.5 Å². The molecule has 0 saturated carbocycles. The molecule has 9 heteroatoms. The van der Waals surface area contributed by atoms with Gasteiger partial charge in [0, 0.05) is 37.1 Å². The Bertz CT molecular complexity index is 839. The van der Waals surface area contributed by atoms with E-state index in [4.69, 9.17) is 15.8 Å². The van der Waals surface area contributed by atoms with Gasteiger partial charge in [-0.25, -0.2) is 9.78 Å². The zero-order valence-electron chi connectivity index (χ0n) is 11.8. The first-order valence-electron chi connectivity index (χ1n) is 6.67. The number of amides is 2. The van der Waals surface area contributed by atoms with Crippen molar-refractivity contribution < 1.29 is 17.4 Å². The van der Waals surface area contributed by atoms with Crippen LogP contribution in [0.25, 0.3) is 0 Å². The largest absolute Gasteiger partial charge is 0.379 e. The Morgan fingerprint density at radius 3 is 2.57 bits per heavy atom. The maximum atomic E-state index is 12.2. The van der Waals surface area contributed by atoms with Crippen molar-refractivity contribution in [3.8, 4) is 5.75 Å². The zero-order chi connectivity index (χ0) is 16.4. The van der Waals surface area contributed by atoms with Crippen molar-refractivity contribution in [3.05, 3.63) is 47.7 Å². The summed E-state index contributed by atoms with van der Waals surface area (Å²) in [4.78, 5) is 16.8. The van der Waals surface area contributed by atoms with E-state index >= 15 is 0 Å². The first kappa shape index (κ1) is 15.6. The molecule has 0 spiro atoms. The van der Waals surface area contributed by atoms with Crippen LogP contribution in [-0.2, 0) is 10.1 Å². The highest BCUT2D eigenvalue weighted by Crippen LogP contribution is 2.23. The van der Waals surface area contributed by atoms with Crippen molar-refractivity contribution in [2.45, 2.75) is 4.90 Å². The van der Waals surface area contributed by atoms with Crippen LogP contribution < -0.4 is 14.4 Å². The Morgan fingerprint density at radius 1 is 1.22 bits per heavy atom. The van der Waals surface area contributed by atoms with E-state index in [0.29, 0.717) is 18.8 Å². The van der Waals surface area contributed by atoms with Crippen molar-refractivity contribution in [1.82, 2.24) is 10.3 Å². The van der Waals surface area contributed by atoms with Gasteiger partial charge < -0.3 is 9.50 Å². The van der Waals surface area contributed by atoms with Crippen LogP contribution >= 0.6 is 11.6 Å². The second-order valence-electron chi connectivity index (χ2n) is 4.73. The fourth-order valence-electron chi connectivity index (χ4n) is 2.12. The molecule has 0 aliphatic carbocycles. The molecule has 2 amide bonds. The highest BCUT2D eigenvalue weighted by atomic mass is 35.5. The molecule has 1 aliphatic heterocycles. The lowest BCUT2D eigenvalue weighted by molar-refractivity contribution is 0.252. The van der Waals surface area contributed by atoms with Crippen LogP contribution in [0.15, 0.2) is 47.5 Å². The maximum absolute atomic E-state index is 12.2. The summed E-state index contributed by atoms with van der Waals surface area (Å²) >= 11 is 5.70. The summed E-state index contributed by atoms with van der Waals surface area (Å²) in [5, 5.41) is 2.81. The predicted octanol–water partition coefficient (Wildman–Crippen LogP) is 2.03. The predicted molar refractivity (Wildman–Crippen MR) is 84.2 cm³/mol. The van der Waals surface area contributed by atoms with E-state index in [-0.39, 0.29) is 21.8 Å². The molecule has 3 rings (SSSR count). The number of carbonyl (C=O) groups excluding carboxylic acids is 1. The van der Waals surface area contributed by atoms with Crippen LogP contribution in [0.1, 0.15) is 0 Å². The van der Waals surface area contributed by atoms with Crippen LogP contribution in [0.4, 0.5) is 10.5 Å². The minimum absolute atomic E-state index is 0.0196. The maximum Gasteiger partial charge on any atom is 0.339 e. The third kappa shape index (κ3) is 3.38. The van der Waals surface area contributed by atoms with Gasteiger partial charge in [0.2, 0.25) is 0 Å². The number of hydrogen-bond donors (Lipinski definition) is 1. The van der Waals surface area contributed by atoms with Crippen molar-refractivity contribution in [1.29, 1.82) is 0 Å². The normalized spacial score (nSPS) is 14.7. The summed E-state index contributed by atoms with van der Waals surface area (Å²) in [6.45, 7) is 1.10. The van der Waals surface area contributed by atoms with E-state index in [2.05, 4.69) is 10.3 Å². The molecule has 7 nitrogen and oxygen atoms in total. The first-order chi connectivity index (χ1) is 11.0. The number of pyridine rings is 1. The minimum Gasteiger partial charge on any atom is -0.379 e. The molecule has 2 heterocycles. The van der Waals surface area contributed by atoms with E-state index in [1.807, 2.05) is 0 Å². The van der Waals surface area contributed by atoms with Crippen LogP contribution in [0, 0.1) is 0 Å². The van der Waals surface area contributed by atoms with Gasteiger partial charge in [0.25, 0.3) is 0 Å². The van der Waals surface area contributed by atoms with Crippen LogP contribution in [0.2, 0.25) is 5.15 Å². The second-order valence-corrected chi connectivity index (χ2v) is 6.66. The molecule has 0 radical (unpaired) electrons. The Hall–Kier alpha value is -2.32. The Labute approximate surface area is 138 Å². The smallest absolute Gasteiger partial charge is 0.339 e. The van der Waals surface area contributed by atoms with E-state index < -0.39 is 10.1 Å². The SMILES string of the molecule is O=C1NCCN1c1ccc(S(=O)(=O)Oc2ccnc(Cl)c2)cc1. The standard InChI is InChI=1S/C14H12ClN3O4S/c15-13-9-11(5-6-16-13)22-23(20,21)12-3-1-10(2-4-12)18-8-7-17-14(18)19/h1-6,9H,7-8H2,(H,17,19). The number of nitrogens with zero attached hydrogens (tertiary/aromatic N) is 2. The van der Waals surface area contributed by atoms with Crippen LogP contribution in [0.5, 0.6) is 5.75 Å². The van der Waals surface area contributed by atoms with Crippen LogP contribution in [0.3, 0.4) is 0 Å². The van der Waals surface area contributed by atoms with Gasteiger partial charge in [0.05, 0.1) is 0 Å². The lowest BCUT2D eigenvalue weighted by Crippen LogP contribution is -2.27. The fraction of sp³-hybridized carbons (Fsp3) is 0.143. The molecule has 1 saturated heterocycles. The summed E-state index contributed by atoms with van der Waals surface area (Å²) in [5.74, 6) is 0.0768. The summed E-state index contributed by atoms with van der Waals surface area (Å²) in [6.07, 6.45) is 1.35.